The largest absolute Gasteiger partial charge is 0.481 e. The molecule has 0 rings (SSSR count). The molecule has 13 heavy (non-hydrogen) atoms. The van der Waals surface area contributed by atoms with Gasteiger partial charge in [-0.3, -0.25) is 9.59 Å². The molecule has 0 aromatic heterocycles. The topological polar surface area (TPSA) is 74.6 Å². The standard InChI is InChI=1S/C9H16O4/c1-2-4-7(9(12)13)5-3-6-8(10)11/h7H,2-6H2,1H3,(H,10,11)(H,12,13)/t7-/m0/s1. The lowest BCUT2D eigenvalue weighted by molar-refractivity contribution is -0.143. The van der Waals surface area contributed by atoms with Crippen molar-refractivity contribution < 1.29 is 19.8 Å². The van der Waals surface area contributed by atoms with Gasteiger partial charge in [-0.1, -0.05) is 13.3 Å². The highest BCUT2D eigenvalue weighted by Gasteiger charge is 2.15. The third-order valence-electron chi connectivity index (χ3n) is 1.93. The molecule has 0 aromatic carbocycles. The molecule has 4 nitrogen and oxygen atoms in total. The normalized spacial score (nSPS) is 12.4. The van der Waals surface area contributed by atoms with Gasteiger partial charge < -0.3 is 10.2 Å². The Balaban J connectivity index is 3.69. The Bertz CT molecular complexity index is 176. The molecule has 0 aliphatic carbocycles. The number of hydrogen-bond donors (Lipinski definition) is 2. The molecule has 0 amide bonds. The quantitative estimate of drug-likeness (QED) is 0.638. The van der Waals surface area contributed by atoms with E-state index in [9.17, 15) is 9.59 Å². The van der Waals surface area contributed by atoms with Gasteiger partial charge in [-0.05, 0) is 19.3 Å². The van der Waals surface area contributed by atoms with Crippen molar-refractivity contribution in [3.8, 4) is 0 Å². The van der Waals surface area contributed by atoms with E-state index in [2.05, 4.69) is 0 Å². The van der Waals surface area contributed by atoms with Crippen LogP contribution in [0.5, 0.6) is 0 Å². The third kappa shape index (κ3) is 6.13. The monoisotopic (exact) mass is 188 g/mol. The Kier molecular flexibility index (Phi) is 5.93. The van der Waals surface area contributed by atoms with Gasteiger partial charge in [-0.25, -0.2) is 0 Å². The predicted molar refractivity (Wildman–Crippen MR) is 47.5 cm³/mol. The zero-order valence-electron chi connectivity index (χ0n) is 7.82. The molecule has 0 heterocycles. The summed E-state index contributed by atoms with van der Waals surface area (Å²) >= 11 is 0. The van der Waals surface area contributed by atoms with Crippen LogP contribution in [-0.2, 0) is 9.59 Å². The van der Waals surface area contributed by atoms with Crippen LogP contribution >= 0.6 is 0 Å². The van der Waals surface area contributed by atoms with Gasteiger partial charge in [0, 0.05) is 6.42 Å². The summed E-state index contributed by atoms with van der Waals surface area (Å²) in [5.41, 5.74) is 0. The zero-order chi connectivity index (χ0) is 10.3. The lowest BCUT2D eigenvalue weighted by atomic mass is 9.97. The van der Waals surface area contributed by atoms with E-state index in [4.69, 9.17) is 10.2 Å². The SMILES string of the molecule is CCC[C@@H](CCCC(=O)O)C(=O)O. The second kappa shape index (κ2) is 6.46. The lowest BCUT2D eigenvalue weighted by Crippen LogP contribution is -2.13. The van der Waals surface area contributed by atoms with Gasteiger partial charge in [-0.15, -0.1) is 0 Å². The molecule has 0 saturated heterocycles. The number of carboxylic acids is 2. The summed E-state index contributed by atoms with van der Waals surface area (Å²) in [6.45, 7) is 1.92. The van der Waals surface area contributed by atoms with Crippen LogP contribution in [-0.4, -0.2) is 22.2 Å². The minimum absolute atomic E-state index is 0.0630. The molecule has 4 heteroatoms. The Morgan fingerprint density at radius 2 is 1.85 bits per heavy atom. The molecular formula is C9H16O4. The first-order chi connectivity index (χ1) is 6.07. The van der Waals surface area contributed by atoms with E-state index < -0.39 is 11.9 Å². The number of carboxylic acid groups (broad SMARTS) is 2. The smallest absolute Gasteiger partial charge is 0.306 e. The Hall–Kier alpha value is -1.06. The van der Waals surface area contributed by atoms with Crippen molar-refractivity contribution in [3.05, 3.63) is 0 Å². The molecule has 0 aliphatic rings. The van der Waals surface area contributed by atoms with E-state index in [1.165, 1.54) is 0 Å². The summed E-state index contributed by atoms with van der Waals surface area (Å²) in [6.07, 6.45) is 2.44. The number of rotatable bonds is 7. The molecule has 0 fully saturated rings. The fraction of sp³-hybridized carbons (Fsp3) is 0.778. The summed E-state index contributed by atoms with van der Waals surface area (Å²) in [5, 5.41) is 17.1. The summed E-state index contributed by atoms with van der Waals surface area (Å²) in [7, 11) is 0. The van der Waals surface area contributed by atoms with Crippen molar-refractivity contribution in [2.45, 2.75) is 39.0 Å². The van der Waals surface area contributed by atoms with Crippen molar-refractivity contribution >= 4 is 11.9 Å². The highest BCUT2D eigenvalue weighted by molar-refractivity contribution is 5.70. The summed E-state index contributed by atoms with van der Waals surface area (Å²) < 4.78 is 0. The van der Waals surface area contributed by atoms with Crippen LogP contribution in [0.2, 0.25) is 0 Å². The average molecular weight is 188 g/mol. The van der Waals surface area contributed by atoms with Crippen LogP contribution in [0.1, 0.15) is 39.0 Å². The number of hydrogen-bond acceptors (Lipinski definition) is 2. The van der Waals surface area contributed by atoms with Crippen LogP contribution in [0, 0.1) is 5.92 Å². The highest BCUT2D eigenvalue weighted by atomic mass is 16.4. The van der Waals surface area contributed by atoms with Gasteiger partial charge in [0.25, 0.3) is 0 Å². The summed E-state index contributed by atoms with van der Waals surface area (Å²) in [4.78, 5) is 20.8. The molecule has 0 aromatic rings. The van der Waals surface area contributed by atoms with Crippen LogP contribution in [0.4, 0.5) is 0 Å². The Labute approximate surface area is 77.6 Å². The maximum absolute atomic E-state index is 10.6. The summed E-state index contributed by atoms with van der Waals surface area (Å²) in [5.74, 6) is -2.04. The molecule has 0 unspecified atom stereocenters. The molecular weight excluding hydrogens is 172 g/mol. The van der Waals surface area contributed by atoms with Crippen molar-refractivity contribution in [1.82, 2.24) is 0 Å². The van der Waals surface area contributed by atoms with Crippen LogP contribution in [0.3, 0.4) is 0 Å². The second-order valence-electron chi connectivity index (χ2n) is 3.11. The molecule has 0 radical (unpaired) electrons. The first-order valence-electron chi connectivity index (χ1n) is 4.52. The van der Waals surface area contributed by atoms with Gasteiger partial charge in [0.1, 0.15) is 0 Å². The van der Waals surface area contributed by atoms with E-state index in [1.807, 2.05) is 6.92 Å². The molecule has 0 bridgehead atoms. The maximum atomic E-state index is 10.6. The van der Waals surface area contributed by atoms with E-state index >= 15 is 0 Å². The number of carbonyl (C=O) groups is 2. The van der Waals surface area contributed by atoms with Crippen LogP contribution in [0.15, 0.2) is 0 Å². The van der Waals surface area contributed by atoms with Crippen LogP contribution < -0.4 is 0 Å². The van der Waals surface area contributed by atoms with Gasteiger partial charge in [0.05, 0.1) is 5.92 Å². The minimum atomic E-state index is -0.861. The van der Waals surface area contributed by atoms with E-state index in [0.29, 0.717) is 19.3 Å². The van der Waals surface area contributed by atoms with Crippen molar-refractivity contribution in [2.24, 2.45) is 5.92 Å². The third-order valence-corrected chi connectivity index (χ3v) is 1.93. The maximum Gasteiger partial charge on any atom is 0.306 e. The highest BCUT2D eigenvalue weighted by Crippen LogP contribution is 2.14. The molecule has 0 aliphatic heterocycles. The zero-order valence-corrected chi connectivity index (χ0v) is 7.82. The van der Waals surface area contributed by atoms with E-state index in [0.717, 1.165) is 6.42 Å². The second-order valence-corrected chi connectivity index (χ2v) is 3.11. The van der Waals surface area contributed by atoms with Gasteiger partial charge in [-0.2, -0.15) is 0 Å². The van der Waals surface area contributed by atoms with E-state index in [1.54, 1.807) is 0 Å². The van der Waals surface area contributed by atoms with Crippen molar-refractivity contribution in [1.29, 1.82) is 0 Å². The Morgan fingerprint density at radius 3 is 2.23 bits per heavy atom. The Morgan fingerprint density at radius 1 is 1.23 bits per heavy atom. The minimum Gasteiger partial charge on any atom is -0.481 e. The van der Waals surface area contributed by atoms with E-state index in [-0.39, 0.29) is 12.3 Å². The molecule has 2 N–H and O–H groups in total. The van der Waals surface area contributed by atoms with Gasteiger partial charge >= 0.3 is 11.9 Å². The lowest BCUT2D eigenvalue weighted by Gasteiger charge is -2.09. The molecule has 76 valence electrons. The summed E-state index contributed by atoms with van der Waals surface area (Å²) in [6, 6.07) is 0. The van der Waals surface area contributed by atoms with Crippen molar-refractivity contribution in [2.75, 3.05) is 0 Å². The number of aliphatic carboxylic acids is 2. The average Bonchev–Trinajstić information content (AvgIpc) is 2.02. The van der Waals surface area contributed by atoms with Gasteiger partial charge in [0.15, 0.2) is 0 Å². The fourth-order valence-electron chi connectivity index (χ4n) is 1.24. The first kappa shape index (κ1) is 11.9. The fourth-order valence-corrected chi connectivity index (χ4v) is 1.24. The van der Waals surface area contributed by atoms with Crippen molar-refractivity contribution in [3.63, 3.8) is 0 Å². The predicted octanol–water partition coefficient (Wildman–Crippen LogP) is 1.74. The van der Waals surface area contributed by atoms with Gasteiger partial charge in [0.2, 0.25) is 0 Å². The molecule has 1 atom stereocenters. The van der Waals surface area contributed by atoms with Crippen LogP contribution in [0.25, 0.3) is 0 Å². The molecule has 0 saturated carbocycles. The first-order valence-corrected chi connectivity index (χ1v) is 4.52. The molecule has 0 spiro atoms.